The molecule has 6 rings (SSSR count). The second-order valence-corrected chi connectivity index (χ2v) is 10.9. The molecule has 1 aliphatic rings. The van der Waals surface area contributed by atoms with Gasteiger partial charge < -0.3 is 0 Å². The monoisotopic (exact) mass is 510 g/mol. The van der Waals surface area contributed by atoms with Gasteiger partial charge >= 0.3 is 0 Å². The molecule has 0 unspecified atom stereocenters. The molecule has 0 saturated carbocycles. The van der Waals surface area contributed by atoms with E-state index in [9.17, 15) is 0 Å². The summed E-state index contributed by atoms with van der Waals surface area (Å²) in [6.45, 7) is 10.3. The van der Waals surface area contributed by atoms with Crippen LogP contribution in [-0.2, 0) is 6.42 Å². The molecule has 1 heterocycles. The van der Waals surface area contributed by atoms with Crippen molar-refractivity contribution in [3.63, 3.8) is 0 Å². The van der Waals surface area contributed by atoms with Crippen molar-refractivity contribution < 1.29 is 0 Å². The van der Waals surface area contributed by atoms with Crippen molar-refractivity contribution in [1.82, 2.24) is 0 Å². The number of aryl methyl sites for hydroxylation is 2. The van der Waals surface area contributed by atoms with Gasteiger partial charge in [0, 0.05) is 15.0 Å². The molecule has 1 heteroatoms. The summed E-state index contributed by atoms with van der Waals surface area (Å²) in [6, 6.07) is 34.9. The van der Waals surface area contributed by atoms with Crippen LogP contribution in [0.5, 0.6) is 0 Å². The van der Waals surface area contributed by atoms with E-state index in [0.717, 1.165) is 5.57 Å². The normalized spacial score (nSPS) is 12.8. The first-order chi connectivity index (χ1) is 18.6. The minimum absolute atomic E-state index is 1.16. The second kappa shape index (κ2) is 11.6. The third-order valence-electron chi connectivity index (χ3n) is 7.20. The van der Waals surface area contributed by atoms with Crippen molar-refractivity contribution in [2.75, 3.05) is 0 Å². The molecule has 0 saturated heterocycles. The van der Waals surface area contributed by atoms with Gasteiger partial charge in [0.1, 0.15) is 0 Å². The molecule has 0 radical (unpaired) electrons. The zero-order valence-corrected chi connectivity index (χ0v) is 23.3. The summed E-state index contributed by atoms with van der Waals surface area (Å²) in [5, 5.41) is 1.41. The van der Waals surface area contributed by atoms with Crippen LogP contribution in [0.4, 0.5) is 0 Å². The number of hydrogen-bond donors (Lipinski definition) is 0. The molecule has 0 aliphatic heterocycles. The Balaban J connectivity index is 0.000000366. The van der Waals surface area contributed by atoms with Gasteiger partial charge in [-0.25, -0.2) is 0 Å². The predicted molar refractivity (Wildman–Crippen MR) is 170 cm³/mol. The summed E-state index contributed by atoms with van der Waals surface area (Å²) in [5.41, 5.74) is 11.6. The van der Waals surface area contributed by atoms with Crippen LogP contribution in [0.25, 0.3) is 43.5 Å². The molecule has 0 amide bonds. The molecule has 5 aromatic rings. The molecular formula is C37H34S. The number of allylic oxidation sites excluding steroid dienone is 5. The van der Waals surface area contributed by atoms with E-state index in [-0.39, 0.29) is 0 Å². The lowest BCUT2D eigenvalue weighted by molar-refractivity contribution is 1.00. The summed E-state index contributed by atoms with van der Waals surface area (Å²) in [5.74, 6) is 0. The van der Waals surface area contributed by atoms with E-state index < -0.39 is 0 Å². The van der Waals surface area contributed by atoms with Crippen LogP contribution in [0.1, 0.15) is 41.8 Å². The third-order valence-corrected chi connectivity index (χ3v) is 8.43. The highest BCUT2D eigenvalue weighted by atomic mass is 32.1. The average molecular weight is 511 g/mol. The fourth-order valence-electron chi connectivity index (χ4n) is 5.13. The van der Waals surface area contributed by atoms with E-state index in [1.807, 2.05) is 42.5 Å². The predicted octanol–water partition coefficient (Wildman–Crippen LogP) is 11.2. The quantitative estimate of drug-likeness (QED) is 0.211. The first kappa shape index (κ1) is 25.7. The lowest BCUT2D eigenvalue weighted by Gasteiger charge is -2.11. The fourth-order valence-corrected chi connectivity index (χ4v) is 6.39. The number of thiophene rings is 1. The summed E-state index contributed by atoms with van der Waals surface area (Å²) in [4.78, 5) is 1.54. The molecule has 38 heavy (non-hydrogen) atoms. The zero-order chi connectivity index (χ0) is 26.5. The van der Waals surface area contributed by atoms with Gasteiger partial charge in [0.05, 0.1) is 0 Å². The van der Waals surface area contributed by atoms with Gasteiger partial charge in [-0.1, -0.05) is 109 Å². The molecule has 0 fully saturated rings. The highest BCUT2D eigenvalue weighted by Crippen LogP contribution is 2.41. The lowest BCUT2D eigenvalue weighted by atomic mass is 9.93. The van der Waals surface area contributed by atoms with Gasteiger partial charge in [-0.3, -0.25) is 0 Å². The largest absolute Gasteiger partial charge is 0.140 e. The van der Waals surface area contributed by atoms with Gasteiger partial charge in [-0.2, -0.15) is 0 Å². The topological polar surface area (TPSA) is 0 Å². The minimum atomic E-state index is 1.16. The summed E-state index contributed by atoms with van der Waals surface area (Å²) >= 11 is 1.96. The maximum Gasteiger partial charge on any atom is 0.0352 e. The Bertz CT molecular complexity index is 1630. The first-order valence-corrected chi connectivity index (χ1v) is 14.1. The third kappa shape index (κ3) is 5.49. The van der Waals surface area contributed by atoms with Crippen molar-refractivity contribution in [2.45, 2.75) is 33.6 Å². The maximum atomic E-state index is 3.91. The van der Waals surface area contributed by atoms with Crippen LogP contribution in [0.2, 0.25) is 0 Å². The van der Waals surface area contributed by atoms with Crippen LogP contribution in [-0.4, -0.2) is 0 Å². The van der Waals surface area contributed by atoms with Gasteiger partial charge in [-0.15, -0.1) is 11.3 Å². The van der Waals surface area contributed by atoms with Gasteiger partial charge in [-0.05, 0) is 96.3 Å². The Morgan fingerprint density at radius 1 is 0.763 bits per heavy atom. The summed E-state index contributed by atoms with van der Waals surface area (Å²) in [6.07, 6.45) is 8.73. The van der Waals surface area contributed by atoms with Crippen molar-refractivity contribution in [2.24, 2.45) is 0 Å². The summed E-state index contributed by atoms with van der Waals surface area (Å²) in [7, 11) is 0. The molecule has 0 bridgehead atoms. The van der Waals surface area contributed by atoms with Crippen molar-refractivity contribution in [1.29, 1.82) is 0 Å². The number of rotatable bonds is 4. The molecule has 1 aliphatic carbocycles. The molecule has 0 spiro atoms. The smallest absolute Gasteiger partial charge is 0.0352 e. The van der Waals surface area contributed by atoms with Gasteiger partial charge in [0.15, 0.2) is 0 Å². The van der Waals surface area contributed by atoms with Crippen molar-refractivity contribution >= 4 is 32.6 Å². The molecule has 4 aromatic carbocycles. The van der Waals surface area contributed by atoms with E-state index in [1.54, 1.807) is 4.88 Å². The number of benzene rings is 4. The van der Waals surface area contributed by atoms with Crippen LogP contribution >= 0.6 is 11.3 Å². The highest BCUT2D eigenvalue weighted by molar-refractivity contribution is 7.19. The highest BCUT2D eigenvalue weighted by Gasteiger charge is 2.17. The maximum absolute atomic E-state index is 3.91. The number of fused-ring (bicyclic) bond motifs is 3. The van der Waals surface area contributed by atoms with Crippen molar-refractivity contribution in [3.8, 4) is 22.3 Å². The SMILES string of the molecule is C=C/C(=C\C)c1ccc(-c2cccc(-c3ccc4sc5c(c4c3)C(C)=CCC5)c2)cc1.Cc1ccccc1. The average Bonchev–Trinajstić information content (AvgIpc) is 3.34. The summed E-state index contributed by atoms with van der Waals surface area (Å²) < 4.78 is 1.40. The molecule has 0 atom stereocenters. The Morgan fingerprint density at radius 3 is 2.11 bits per heavy atom. The van der Waals surface area contributed by atoms with Gasteiger partial charge in [0.2, 0.25) is 0 Å². The second-order valence-electron chi connectivity index (χ2n) is 9.80. The van der Waals surface area contributed by atoms with E-state index in [2.05, 4.69) is 111 Å². The van der Waals surface area contributed by atoms with E-state index >= 15 is 0 Å². The molecular weight excluding hydrogens is 476 g/mol. The Morgan fingerprint density at radius 2 is 1.45 bits per heavy atom. The fraction of sp³-hybridized carbons (Fsp3) is 0.135. The van der Waals surface area contributed by atoms with Crippen LogP contribution in [0.3, 0.4) is 0 Å². The van der Waals surface area contributed by atoms with Gasteiger partial charge in [0.25, 0.3) is 0 Å². The van der Waals surface area contributed by atoms with Crippen LogP contribution < -0.4 is 0 Å². The van der Waals surface area contributed by atoms with Crippen LogP contribution in [0.15, 0.2) is 122 Å². The standard InChI is InChI=1S/C30H26S.C7H8/c1-4-21(5-2)22-12-14-23(15-13-22)24-9-7-10-25(18-24)26-16-17-28-27(19-26)30-20(3)8-6-11-29(30)31-28;1-7-5-3-2-4-6-7/h4-5,7-10,12-19H,1,6,11H2,2-3H3;2-6H,1H3/b21-5+;. The molecule has 0 nitrogen and oxygen atoms in total. The van der Waals surface area contributed by atoms with E-state index in [0.29, 0.717) is 0 Å². The zero-order valence-electron chi connectivity index (χ0n) is 22.5. The van der Waals surface area contributed by atoms with Crippen molar-refractivity contribution in [3.05, 3.63) is 143 Å². The Kier molecular flexibility index (Phi) is 7.86. The Labute approximate surface area is 231 Å². The molecule has 0 N–H and O–H groups in total. The minimum Gasteiger partial charge on any atom is -0.140 e. The Hall–Kier alpha value is -3.94. The van der Waals surface area contributed by atoms with Crippen LogP contribution in [0, 0.1) is 6.92 Å². The molecule has 188 valence electrons. The first-order valence-electron chi connectivity index (χ1n) is 13.3. The van der Waals surface area contributed by atoms with E-state index in [4.69, 9.17) is 0 Å². The lowest BCUT2D eigenvalue weighted by Crippen LogP contribution is -1.92. The molecule has 1 aromatic heterocycles. The number of hydrogen-bond acceptors (Lipinski definition) is 1. The van der Waals surface area contributed by atoms with E-state index in [1.165, 1.54) is 67.4 Å².